The SMILES string of the molecule is CCOC(=O)c1sc2nc(C)cc(C)c2c1NC(=O)c1cccc(NS(=O)(=O)c2ccc(C)cc2)c1. The van der Waals surface area contributed by atoms with E-state index in [1.807, 2.05) is 26.8 Å². The third kappa shape index (κ3) is 5.24. The van der Waals surface area contributed by atoms with Crippen molar-refractivity contribution in [2.75, 3.05) is 16.6 Å². The van der Waals surface area contributed by atoms with Crippen molar-refractivity contribution >= 4 is 54.8 Å². The van der Waals surface area contributed by atoms with Crippen LogP contribution in [0.15, 0.2) is 59.5 Å². The Balaban J connectivity index is 1.66. The van der Waals surface area contributed by atoms with Crippen LogP contribution in [0.2, 0.25) is 0 Å². The number of benzene rings is 2. The molecule has 2 aromatic heterocycles. The van der Waals surface area contributed by atoms with E-state index in [0.717, 1.165) is 28.2 Å². The molecule has 0 saturated heterocycles. The molecule has 0 atom stereocenters. The van der Waals surface area contributed by atoms with Gasteiger partial charge < -0.3 is 10.1 Å². The number of hydrogen-bond donors (Lipinski definition) is 2. The van der Waals surface area contributed by atoms with Crippen molar-refractivity contribution in [1.82, 2.24) is 4.98 Å². The smallest absolute Gasteiger partial charge is 0.350 e. The van der Waals surface area contributed by atoms with Gasteiger partial charge in [-0.1, -0.05) is 23.8 Å². The number of pyridine rings is 1. The number of carbonyl (C=O) groups is 2. The Morgan fingerprint density at radius 3 is 2.44 bits per heavy atom. The Labute approximate surface area is 213 Å². The van der Waals surface area contributed by atoms with Gasteiger partial charge in [-0.3, -0.25) is 9.52 Å². The highest BCUT2D eigenvalue weighted by atomic mass is 32.2. The molecule has 0 fully saturated rings. The van der Waals surface area contributed by atoms with Crippen molar-refractivity contribution in [3.05, 3.63) is 81.9 Å². The molecule has 4 aromatic rings. The normalized spacial score (nSPS) is 11.3. The summed E-state index contributed by atoms with van der Waals surface area (Å²) >= 11 is 1.16. The molecule has 0 spiro atoms. The van der Waals surface area contributed by atoms with E-state index in [-0.39, 0.29) is 27.6 Å². The van der Waals surface area contributed by atoms with Crippen LogP contribution in [-0.2, 0) is 14.8 Å². The van der Waals surface area contributed by atoms with Crippen molar-refractivity contribution in [3.8, 4) is 0 Å². The highest BCUT2D eigenvalue weighted by Gasteiger charge is 2.24. The zero-order valence-electron chi connectivity index (χ0n) is 20.2. The maximum atomic E-state index is 13.2. The second-order valence-corrected chi connectivity index (χ2v) is 10.9. The van der Waals surface area contributed by atoms with Gasteiger partial charge in [0.1, 0.15) is 9.71 Å². The zero-order valence-corrected chi connectivity index (χ0v) is 21.8. The minimum Gasteiger partial charge on any atom is -0.462 e. The van der Waals surface area contributed by atoms with Gasteiger partial charge in [-0.15, -0.1) is 11.3 Å². The quantitative estimate of drug-likeness (QED) is 0.311. The van der Waals surface area contributed by atoms with Gasteiger partial charge >= 0.3 is 5.97 Å². The monoisotopic (exact) mass is 523 g/mol. The Kier molecular flexibility index (Phi) is 7.09. The van der Waals surface area contributed by atoms with Gasteiger partial charge in [-0.2, -0.15) is 0 Å². The number of nitrogens with zero attached hydrogens (tertiary/aromatic N) is 1. The predicted molar refractivity (Wildman–Crippen MR) is 141 cm³/mol. The lowest BCUT2D eigenvalue weighted by atomic mass is 10.1. The van der Waals surface area contributed by atoms with Gasteiger partial charge in [0.05, 0.1) is 17.2 Å². The summed E-state index contributed by atoms with van der Waals surface area (Å²) in [6, 6.07) is 14.5. The van der Waals surface area contributed by atoms with Crippen LogP contribution in [0.5, 0.6) is 0 Å². The summed E-state index contributed by atoms with van der Waals surface area (Å²) in [5.74, 6) is -1.05. The second-order valence-electron chi connectivity index (χ2n) is 8.24. The van der Waals surface area contributed by atoms with Crippen LogP contribution in [0.1, 0.15) is 43.8 Å². The molecule has 36 heavy (non-hydrogen) atoms. The Bertz CT molecular complexity index is 1580. The number of aryl methyl sites for hydroxylation is 3. The van der Waals surface area contributed by atoms with E-state index in [0.29, 0.717) is 15.9 Å². The number of fused-ring (bicyclic) bond motifs is 1. The molecule has 0 radical (unpaired) electrons. The Morgan fingerprint density at radius 2 is 1.75 bits per heavy atom. The first-order valence-electron chi connectivity index (χ1n) is 11.2. The maximum absolute atomic E-state index is 13.2. The van der Waals surface area contributed by atoms with E-state index in [1.165, 1.54) is 18.2 Å². The molecule has 0 saturated carbocycles. The van der Waals surface area contributed by atoms with Crippen molar-refractivity contribution in [1.29, 1.82) is 0 Å². The van der Waals surface area contributed by atoms with E-state index in [4.69, 9.17) is 4.74 Å². The number of esters is 1. The summed E-state index contributed by atoms with van der Waals surface area (Å²) in [6.07, 6.45) is 0. The number of sulfonamides is 1. The minimum absolute atomic E-state index is 0.116. The number of ether oxygens (including phenoxy) is 1. The van der Waals surface area contributed by atoms with E-state index >= 15 is 0 Å². The largest absolute Gasteiger partial charge is 0.462 e. The van der Waals surface area contributed by atoms with E-state index in [9.17, 15) is 18.0 Å². The Hall–Kier alpha value is -3.76. The van der Waals surface area contributed by atoms with Gasteiger partial charge in [0.15, 0.2) is 0 Å². The van der Waals surface area contributed by atoms with Crippen molar-refractivity contribution in [2.45, 2.75) is 32.6 Å². The molecule has 2 N–H and O–H groups in total. The molecule has 0 aliphatic heterocycles. The molecule has 0 aliphatic carbocycles. The first kappa shape index (κ1) is 25.3. The van der Waals surface area contributed by atoms with Crippen LogP contribution in [0.25, 0.3) is 10.2 Å². The lowest BCUT2D eigenvalue weighted by molar-refractivity contribution is 0.0533. The topological polar surface area (TPSA) is 114 Å². The van der Waals surface area contributed by atoms with Crippen molar-refractivity contribution in [2.24, 2.45) is 0 Å². The number of aromatic nitrogens is 1. The number of thiophene rings is 1. The molecule has 10 heteroatoms. The highest BCUT2D eigenvalue weighted by Crippen LogP contribution is 2.38. The maximum Gasteiger partial charge on any atom is 0.350 e. The predicted octanol–water partition coefficient (Wildman–Crippen LogP) is 5.45. The first-order valence-corrected chi connectivity index (χ1v) is 13.5. The number of hydrogen-bond acceptors (Lipinski definition) is 7. The molecule has 186 valence electrons. The summed E-state index contributed by atoms with van der Waals surface area (Å²) in [7, 11) is -3.83. The van der Waals surface area contributed by atoms with Crippen molar-refractivity contribution in [3.63, 3.8) is 0 Å². The van der Waals surface area contributed by atoms with Crippen LogP contribution in [0.4, 0.5) is 11.4 Å². The summed E-state index contributed by atoms with van der Waals surface area (Å²) in [5.41, 5.74) is 3.37. The third-order valence-electron chi connectivity index (χ3n) is 5.39. The molecular formula is C26H25N3O5S2. The summed E-state index contributed by atoms with van der Waals surface area (Å²) in [6.45, 7) is 7.51. The second kappa shape index (κ2) is 10.1. The third-order valence-corrected chi connectivity index (χ3v) is 7.86. The van der Waals surface area contributed by atoms with Crippen LogP contribution >= 0.6 is 11.3 Å². The van der Waals surface area contributed by atoms with Crippen LogP contribution in [0.3, 0.4) is 0 Å². The number of rotatable bonds is 7. The molecular weight excluding hydrogens is 498 g/mol. The van der Waals surface area contributed by atoms with Gasteiger partial charge in [-0.25, -0.2) is 18.2 Å². The Morgan fingerprint density at radius 1 is 1.03 bits per heavy atom. The fourth-order valence-electron chi connectivity index (χ4n) is 3.74. The number of nitrogens with one attached hydrogen (secondary N) is 2. The van der Waals surface area contributed by atoms with Gasteiger partial charge in [0.2, 0.25) is 0 Å². The fourth-order valence-corrected chi connectivity index (χ4v) is 5.94. The minimum atomic E-state index is -3.83. The molecule has 1 amide bonds. The summed E-state index contributed by atoms with van der Waals surface area (Å²) in [4.78, 5) is 31.4. The lowest BCUT2D eigenvalue weighted by Gasteiger charge is -2.11. The molecule has 2 heterocycles. The van der Waals surface area contributed by atoms with Crippen LogP contribution < -0.4 is 10.0 Å². The zero-order chi connectivity index (χ0) is 26.0. The molecule has 4 rings (SSSR count). The average Bonchev–Trinajstić information content (AvgIpc) is 3.17. The molecule has 8 nitrogen and oxygen atoms in total. The fraction of sp³-hybridized carbons (Fsp3) is 0.192. The summed E-state index contributed by atoms with van der Waals surface area (Å²) < 4.78 is 33.3. The van der Waals surface area contributed by atoms with Gasteiger partial charge in [0, 0.05) is 22.3 Å². The van der Waals surface area contributed by atoms with E-state index in [1.54, 1.807) is 37.3 Å². The number of anilines is 2. The van der Waals surface area contributed by atoms with E-state index < -0.39 is 21.9 Å². The molecule has 0 aliphatic rings. The molecule has 0 unspecified atom stereocenters. The van der Waals surface area contributed by atoms with Crippen LogP contribution in [0, 0.1) is 20.8 Å². The average molecular weight is 524 g/mol. The van der Waals surface area contributed by atoms with Crippen LogP contribution in [-0.4, -0.2) is 31.9 Å². The van der Waals surface area contributed by atoms with E-state index in [2.05, 4.69) is 15.0 Å². The number of carbonyl (C=O) groups excluding carboxylic acids is 2. The van der Waals surface area contributed by atoms with Gasteiger partial charge in [0.25, 0.3) is 15.9 Å². The number of amides is 1. The molecule has 0 bridgehead atoms. The standard InChI is InChI=1S/C26H25N3O5S2/c1-5-34-26(31)23-22(21-16(3)13-17(4)27-25(21)35-23)28-24(30)18-7-6-8-19(14-18)29-36(32,33)20-11-9-15(2)10-12-20/h6-14,29H,5H2,1-4H3,(H,28,30). The molecule has 2 aromatic carbocycles. The summed E-state index contributed by atoms with van der Waals surface area (Å²) in [5, 5.41) is 3.50. The van der Waals surface area contributed by atoms with Gasteiger partial charge in [-0.05, 0) is 69.7 Å². The highest BCUT2D eigenvalue weighted by molar-refractivity contribution is 7.92. The van der Waals surface area contributed by atoms with Crippen molar-refractivity contribution < 1.29 is 22.7 Å². The lowest BCUT2D eigenvalue weighted by Crippen LogP contribution is -2.16. The first-order chi connectivity index (χ1) is 17.1.